The molecule has 1 atom stereocenters. The summed E-state index contributed by atoms with van der Waals surface area (Å²) < 4.78 is 0. The number of rotatable bonds is 3. The topological polar surface area (TPSA) is 20.3 Å². The van der Waals surface area contributed by atoms with E-state index >= 15 is 0 Å². The number of hydrogen-bond donors (Lipinski definition) is 0. The number of carbonyl (C=O) groups excluding carboxylic acids is 1. The Balaban J connectivity index is 2.17. The second kappa shape index (κ2) is 4.02. The third-order valence-corrected chi connectivity index (χ3v) is 3.47. The van der Waals surface area contributed by atoms with Gasteiger partial charge < -0.3 is 4.90 Å². The molecular formula is C15H19NO. The van der Waals surface area contributed by atoms with Crippen LogP contribution in [-0.4, -0.2) is 16.8 Å². The molecule has 1 aliphatic heterocycles. The summed E-state index contributed by atoms with van der Waals surface area (Å²) in [5, 5.41) is 0. The molecule has 1 fully saturated rings. The summed E-state index contributed by atoms with van der Waals surface area (Å²) in [7, 11) is 0. The van der Waals surface area contributed by atoms with Crippen LogP contribution >= 0.6 is 0 Å². The van der Waals surface area contributed by atoms with Gasteiger partial charge in [0.05, 0.1) is 11.5 Å². The predicted molar refractivity (Wildman–Crippen MR) is 69.4 cm³/mol. The quantitative estimate of drug-likeness (QED) is 0.576. The summed E-state index contributed by atoms with van der Waals surface area (Å²) in [6.07, 6.45) is 0. The van der Waals surface area contributed by atoms with E-state index in [0.29, 0.717) is 6.54 Å². The van der Waals surface area contributed by atoms with Crippen LogP contribution in [0, 0.1) is 5.41 Å². The third-order valence-electron chi connectivity index (χ3n) is 3.47. The van der Waals surface area contributed by atoms with E-state index in [0.717, 1.165) is 5.57 Å². The lowest BCUT2D eigenvalue weighted by Gasteiger charge is -2.53. The average Bonchev–Trinajstić information content (AvgIpc) is 2.28. The second-order valence-electron chi connectivity index (χ2n) is 5.39. The lowest BCUT2D eigenvalue weighted by molar-refractivity contribution is -0.165. The number of β-lactam (4-membered cyclic amide) rings is 1. The minimum atomic E-state index is -0.291. The summed E-state index contributed by atoms with van der Waals surface area (Å²) in [6.45, 7) is 10.7. The van der Waals surface area contributed by atoms with Crippen molar-refractivity contribution in [3.05, 3.63) is 48.0 Å². The molecule has 2 rings (SSSR count). The van der Waals surface area contributed by atoms with Gasteiger partial charge >= 0.3 is 0 Å². The van der Waals surface area contributed by atoms with E-state index < -0.39 is 0 Å². The van der Waals surface area contributed by atoms with Crippen LogP contribution < -0.4 is 0 Å². The SMILES string of the molecule is C=C(C)C1N(Cc2ccccc2)C(=O)C1(C)C. The zero-order valence-electron chi connectivity index (χ0n) is 10.7. The van der Waals surface area contributed by atoms with Gasteiger partial charge in [0.1, 0.15) is 0 Å². The number of likely N-dealkylation sites (tertiary alicyclic amines) is 1. The molecule has 17 heavy (non-hydrogen) atoms. The van der Waals surface area contributed by atoms with Crippen LogP contribution in [0.5, 0.6) is 0 Å². The first-order valence-corrected chi connectivity index (χ1v) is 5.95. The standard InChI is InChI=1S/C15H19NO/c1-11(2)13-15(3,4)14(17)16(13)10-12-8-6-5-7-9-12/h5-9,13H,1,10H2,2-4H3. The van der Waals surface area contributed by atoms with E-state index in [1.165, 1.54) is 5.56 Å². The van der Waals surface area contributed by atoms with Gasteiger partial charge in [-0.1, -0.05) is 42.5 Å². The molecule has 1 aliphatic rings. The molecule has 0 saturated carbocycles. The van der Waals surface area contributed by atoms with Crippen molar-refractivity contribution in [2.24, 2.45) is 5.41 Å². The minimum Gasteiger partial charge on any atom is -0.330 e. The third kappa shape index (κ3) is 1.88. The average molecular weight is 229 g/mol. The van der Waals surface area contributed by atoms with Crippen LogP contribution in [0.2, 0.25) is 0 Å². The van der Waals surface area contributed by atoms with Crippen LogP contribution in [0.1, 0.15) is 26.3 Å². The molecule has 0 aliphatic carbocycles. The fraction of sp³-hybridized carbons (Fsp3) is 0.400. The molecule has 0 N–H and O–H groups in total. The molecule has 90 valence electrons. The van der Waals surface area contributed by atoms with Crippen molar-refractivity contribution in [3.63, 3.8) is 0 Å². The van der Waals surface area contributed by atoms with Gasteiger partial charge in [0, 0.05) is 6.54 Å². The van der Waals surface area contributed by atoms with Crippen molar-refractivity contribution in [3.8, 4) is 0 Å². The number of benzene rings is 1. The molecule has 1 aromatic rings. The molecule has 2 nitrogen and oxygen atoms in total. The largest absolute Gasteiger partial charge is 0.330 e. The van der Waals surface area contributed by atoms with Crippen LogP contribution in [0.15, 0.2) is 42.5 Å². The van der Waals surface area contributed by atoms with Crippen molar-refractivity contribution in [2.75, 3.05) is 0 Å². The van der Waals surface area contributed by atoms with Gasteiger partial charge in [0.15, 0.2) is 0 Å². The normalized spacial score (nSPS) is 22.2. The lowest BCUT2D eigenvalue weighted by atomic mass is 9.71. The number of carbonyl (C=O) groups is 1. The zero-order valence-corrected chi connectivity index (χ0v) is 10.7. The maximum Gasteiger partial charge on any atom is 0.231 e. The maximum absolute atomic E-state index is 12.1. The molecule has 1 amide bonds. The van der Waals surface area contributed by atoms with Gasteiger partial charge in [-0.15, -0.1) is 0 Å². The summed E-state index contributed by atoms with van der Waals surface area (Å²) in [5.74, 6) is 0.217. The Morgan fingerprint density at radius 2 is 1.94 bits per heavy atom. The minimum absolute atomic E-state index is 0.162. The first-order valence-electron chi connectivity index (χ1n) is 5.95. The van der Waals surface area contributed by atoms with Gasteiger partial charge in [0.25, 0.3) is 0 Å². The molecular weight excluding hydrogens is 210 g/mol. The Morgan fingerprint density at radius 1 is 1.35 bits per heavy atom. The highest BCUT2D eigenvalue weighted by Crippen LogP contribution is 2.42. The summed E-state index contributed by atoms with van der Waals surface area (Å²) in [5.41, 5.74) is 1.94. The van der Waals surface area contributed by atoms with E-state index in [4.69, 9.17) is 0 Å². The summed E-state index contributed by atoms with van der Waals surface area (Å²) in [6, 6.07) is 10.3. The van der Waals surface area contributed by atoms with Crippen LogP contribution in [0.4, 0.5) is 0 Å². The monoisotopic (exact) mass is 229 g/mol. The van der Waals surface area contributed by atoms with E-state index in [9.17, 15) is 4.79 Å². The van der Waals surface area contributed by atoms with Crippen molar-refractivity contribution in [1.29, 1.82) is 0 Å². The maximum atomic E-state index is 12.1. The van der Waals surface area contributed by atoms with Crippen molar-refractivity contribution in [1.82, 2.24) is 4.90 Å². The molecule has 0 radical (unpaired) electrons. The highest BCUT2D eigenvalue weighted by molar-refractivity contribution is 5.90. The molecule has 1 aromatic carbocycles. The van der Waals surface area contributed by atoms with Gasteiger partial charge in [-0.05, 0) is 26.3 Å². The molecule has 1 saturated heterocycles. The summed E-state index contributed by atoms with van der Waals surface area (Å²) in [4.78, 5) is 14.0. The van der Waals surface area contributed by atoms with E-state index in [1.807, 2.05) is 56.0 Å². The van der Waals surface area contributed by atoms with Crippen LogP contribution in [0.3, 0.4) is 0 Å². The molecule has 0 spiro atoms. The van der Waals surface area contributed by atoms with E-state index in [-0.39, 0.29) is 17.4 Å². The molecule has 0 bridgehead atoms. The van der Waals surface area contributed by atoms with Gasteiger partial charge in [-0.3, -0.25) is 4.79 Å². The Kier molecular flexibility index (Phi) is 2.82. The number of nitrogens with zero attached hydrogens (tertiary/aromatic N) is 1. The Morgan fingerprint density at radius 3 is 2.47 bits per heavy atom. The fourth-order valence-electron chi connectivity index (χ4n) is 2.75. The number of hydrogen-bond acceptors (Lipinski definition) is 1. The lowest BCUT2D eigenvalue weighted by Crippen LogP contribution is -2.66. The van der Waals surface area contributed by atoms with Gasteiger partial charge in [-0.2, -0.15) is 0 Å². The smallest absolute Gasteiger partial charge is 0.231 e. The van der Waals surface area contributed by atoms with Crippen molar-refractivity contribution >= 4 is 5.91 Å². The second-order valence-corrected chi connectivity index (χ2v) is 5.39. The summed E-state index contributed by atoms with van der Waals surface area (Å²) >= 11 is 0. The van der Waals surface area contributed by atoms with Gasteiger partial charge in [-0.25, -0.2) is 0 Å². The highest BCUT2D eigenvalue weighted by Gasteiger charge is 2.53. The molecule has 1 unspecified atom stereocenters. The molecule has 0 aromatic heterocycles. The Hall–Kier alpha value is -1.57. The fourth-order valence-corrected chi connectivity index (χ4v) is 2.75. The Bertz CT molecular complexity index is 447. The van der Waals surface area contributed by atoms with E-state index in [2.05, 4.69) is 6.58 Å². The van der Waals surface area contributed by atoms with E-state index in [1.54, 1.807) is 0 Å². The first-order chi connectivity index (χ1) is 7.94. The zero-order chi connectivity index (χ0) is 12.6. The predicted octanol–water partition coefficient (Wildman–Crippen LogP) is 3.00. The van der Waals surface area contributed by atoms with Crippen LogP contribution in [0.25, 0.3) is 0 Å². The van der Waals surface area contributed by atoms with Gasteiger partial charge in [0.2, 0.25) is 5.91 Å². The highest BCUT2D eigenvalue weighted by atomic mass is 16.2. The van der Waals surface area contributed by atoms with Crippen molar-refractivity contribution in [2.45, 2.75) is 33.4 Å². The Labute approximate surface area is 103 Å². The van der Waals surface area contributed by atoms with Crippen LogP contribution in [-0.2, 0) is 11.3 Å². The first kappa shape index (κ1) is 11.9. The molecule has 2 heteroatoms. The van der Waals surface area contributed by atoms with Crippen molar-refractivity contribution < 1.29 is 4.79 Å². The number of amides is 1. The molecule has 1 heterocycles.